The van der Waals surface area contributed by atoms with Crippen LogP contribution >= 0.6 is 0 Å². The van der Waals surface area contributed by atoms with Crippen LogP contribution in [0.2, 0.25) is 0 Å². The lowest BCUT2D eigenvalue weighted by Gasteiger charge is -2.26. The molecule has 2 rings (SSSR count). The molecule has 0 aliphatic rings. The molecule has 1 aromatic heterocycles. The third-order valence-corrected chi connectivity index (χ3v) is 6.59. The Kier molecular flexibility index (Phi) is 13.3. The molecule has 0 fully saturated rings. The van der Waals surface area contributed by atoms with E-state index in [2.05, 4.69) is 20.9 Å². The molecule has 0 aliphatic carbocycles. The molecule has 2 aromatic rings. The highest BCUT2D eigenvalue weighted by Gasteiger charge is 2.34. The van der Waals surface area contributed by atoms with Crippen molar-refractivity contribution in [2.75, 3.05) is 0 Å². The van der Waals surface area contributed by atoms with Crippen molar-refractivity contribution in [1.82, 2.24) is 26.3 Å². The normalized spacial score (nSPS) is 14.0. The Hall–Kier alpha value is -6.05. The second-order valence-corrected chi connectivity index (χ2v) is 10.4. The van der Waals surface area contributed by atoms with Gasteiger partial charge in [0.05, 0.1) is 31.7 Å². The summed E-state index contributed by atoms with van der Waals surface area (Å²) >= 11 is 0. The summed E-state index contributed by atoms with van der Waals surface area (Å²) in [7, 11) is 0. The van der Waals surface area contributed by atoms with E-state index >= 15 is 0 Å². The number of hydrogen-bond acceptors (Lipinski definition) is 10. The predicted octanol–water partition coefficient (Wildman–Crippen LogP) is -5.44. The van der Waals surface area contributed by atoms with E-state index in [1.54, 1.807) is 24.3 Å². The number of carbonyl (C=O) groups is 9. The lowest BCUT2D eigenvalue weighted by atomic mass is 10.0. The van der Waals surface area contributed by atoms with Crippen LogP contribution in [0.25, 0.3) is 10.9 Å². The van der Waals surface area contributed by atoms with Crippen molar-refractivity contribution in [3.8, 4) is 0 Å². The summed E-state index contributed by atoms with van der Waals surface area (Å²) in [6.45, 7) is 0. The summed E-state index contributed by atoms with van der Waals surface area (Å²) in [6.07, 6.45) is -1.71. The van der Waals surface area contributed by atoms with Crippen LogP contribution in [0, 0.1) is 0 Å². The maximum absolute atomic E-state index is 13.6. The molecule has 1 heterocycles. The average Bonchev–Trinajstić information content (AvgIpc) is 3.37. The Balaban J connectivity index is 2.42. The second kappa shape index (κ2) is 16.9. The number of aliphatic carboxylic acids is 1. The third kappa shape index (κ3) is 11.8. The van der Waals surface area contributed by atoms with Gasteiger partial charge in [0.25, 0.3) is 0 Å². The molecule has 254 valence electrons. The van der Waals surface area contributed by atoms with Gasteiger partial charge in [-0.1, -0.05) is 18.2 Å². The van der Waals surface area contributed by atoms with Crippen LogP contribution in [0.4, 0.5) is 0 Å². The lowest BCUT2D eigenvalue weighted by molar-refractivity contribution is -0.144. The molecular formula is C27H36N10O10. The Morgan fingerprint density at radius 1 is 0.617 bits per heavy atom. The van der Waals surface area contributed by atoms with Crippen molar-refractivity contribution in [2.24, 2.45) is 28.7 Å². The molecule has 8 amide bonds. The second-order valence-electron chi connectivity index (χ2n) is 10.4. The van der Waals surface area contributed by atoms with Crippen LogP contribution < -0.4 is 49.9 Å². The van der Waals surface area contributed by atoms with Crippen molar-refractivity contribution < 1.29 is 48.3 Å². The van der Waals surface area contributed by atoms with E-state index in [4.69, 9.17) is 28.7 Å². The van der Waals surface area contributed by atoms with Crippen LogP contribution in [0.1, 0.15) is 31.2 Å². The first-order valence-corrected chi connectivity index (χ1v) is 13.9. The van der Waals surface area contributed by atoms with Gasteiger partial charge in [-0.25, -0.2) is 4.79 Å². The van der Waals surface area contributed by atoms with Crippen LogP contribution in [0.15, 0.2) is 30.5 Å². The van der Waals surface area contributed by atoms with E-state index < -0.39 is 109 Å². The Labute approximate surface area is 265 Å². The topological polar surface area (TPSA) is 368 Å². The smallest absolute Gasteiger partial charge is 0.326 e. The number of aromatic amines is 1. The van der Waals surface area contributed by atoms with Crippen LogP contribution in [0.3, 0.4) is 0 Å². The summed E-state index contributed by atoms with van der Waals surface area (Å²) in [5, 5.41) is 18.8. The van der Waals surface area contributed by atoms with Crippen molar-refractivity contribution >= 4 is 64.1 Å². The van der Waals surface area contributed by atoms with Crippen molar-refractivity contribution in [2.45, 2.75) is 62.3 Å². The fraction of sp³-hybridized carbons (Fsp3) is 0.370. The maximum atomic E-state index is 13.6. The number of carboxylic acids is 1. The molecular weight excluding hydrogens is 624 g/mol. The van der Waals surface area contributed by atoms with Crippen LogP contribution in [-0.4, -0.2) is 93.5 Å². The number of hydrogen-bond donors (Lipinski definition) is 11. The molecule has 0 aliphatic heterocycles. The number of rotatable bonds is 19. The zero-order chi connectivity index (χ0) is 35.4. The average molecular weight is 661 g/mol. The molecule has 0 saturated heterocycles. The zero-order valence-corrected chi connectivity index (χ0v) is 24.8. The van der Waals surface area contributed by atoms with Gasteiger partial charge in [-0.05, 0) is 11.6 Å². The number of aromatic nitrogens is 1. The summed E-state index contributed by atoms with van der Waals surface area (Å²) in [5.41, 5.74) is 27.3. The van der Waals surface area contributed by atoms with Crippen molar-refractivity contribution in [1.29, 1.82) is 0 Å². The van der Waals surface area contributed by atoms with Gasteiger partial charge in [-0.3, -0.25) is 38.4 Å². The number of nitrogens with two attached hydrogens (primary N) is 5. The quantitative estimate of drug-likeness (QED) is 0.0675. The molecule has 0 saturated carbocycles. The minimum Gasteiger partial charge on any atom is -0.480 e. The molecule has 20 nitrogen and oxygen atoms in total. The van der Waals surface area contributed by atoms with Crippen LogP contribution in [0.5, 0.6) is 0 Å². The van der Waals surface area contributed by atoms with E-state index in [0.717, 1.165) is 0 Å². The highest BCUT2D eigenvalue weighted by atomic mass is 16.4. The minimum absolute atomic E-state index is 0.260. The Morgan fingerprint density at radius 3 is 1.55 bits per heavy atom. The molecule has 2 unspecified atom stereocenters. The summed E-state index contributed by atoms with van der Waals surface area (Å²) in [5.74, 6) is -10.2. The fourth-order valence-electron chi connectivity index (χ4n) is 4.36. The highest BCUT2D eigenvalue weighted by Crippen LogP contribution is 2.19. The monoisotopic (exact) mass is 660 g/mol. The molecule has 1 aromatic carbocycles. The maximum Gasteiger partial charge on any atom is 0.326 e. The molecule has 20 heteroatoms. The summed E-state index contributed by atoms with van der Waals surface area (Å²) in [4.78, 5) is 113. The number of H-pyrrole nitrogens is 1. The Bertz CT molecular complexity index is 1560. The Morgan fingerprint density at radius 2 is 1.04 bits per heavy atom. The largest absolute Gasteiger partial charge is 0.480 e. The van der Waals surface area contributed by atoms with Gasteiger partial charge in [-0.2, -0.15) is 0 Å². The molecule has 16 N–H and O–H groups in total. The number of benzene rings is 1. The minimum atomic E-state index is -1.81. The number of carbonyl (C=O) groups excluding carboxylic acids is 8. The number of primary amides is 4. The third-order valence-electron chi connectivity index (χ3n) is 6.59. The first kappa shape index (κ1) is 37.1. The van der Waals surface area contributed by atoms with Gasteiger partial charge in [0.15, 0.2) is 0 Å². The van der Waals surface area contributed by atoms with E-state index in [1.165, 1.54) is 6.20 Å². The van der Waals surface area contributed by atoms with E-state index in [0.29, 0.717) is 16.5 Å². The lowest BCUT2D eigenvalue weighted by Crippen LogP contribution is -2.60. The number of para-hydroxylation sites is 1. The van der Waals surface area contributed by atoms with E-state index in [9.17, 15) is 48.3 Å². The highest BCUT2D eigenvalue weighted by molar-refractivity contribution is 5.99. The van der Waals surface area contributed by atoms with Gasteiger partial charge >= 0.3 is 5.97 Å². The van der Waals surface area contributed by atoms with Crippen LogP contribution in [-0.2, 0) is 49.6 Å². The van der Waals surface area contributed by atoms with Gasteiger partial charge in [0.1, 0.15) is 24.2 Å². The SMILES string of the molecule is NC(=O)CC(NC(=O)[C@H](Cc1c[nH]c2ccccc12)NC(=O)C(CC(N)=O)NC(=O)[C@@H](N)CC(N)=O)C(=O)N[C@@H](CC(N)=O)C(=O)O. The number of carboxylic acid groups (broad SMARTS) is 1. The first-order chi connectivity index (χ1) is 22.0. The molecule has 0 spiro atoms. The van der Waals surface area contributed by atoms with E-state index in [-0.39, 0.29) is 6.42 Å². The van der Waals surface area contributed by atoms with E-state index in [1.807, 2.05) is 5.32 Å². The van der Waals surface area contributed by atoms with Crippen molar-refractivity contribution in [3.05, 3.63) is 36.0 Å². The first-order valence-electron chi connectivity index (χ1n) is 13.9. The van der Waals surface area contributed by atoms with Gasteiger partial charge in [0, 0.05) is 23.5 Å². The molecule has 47 heavy (non-hydrogen) atoms. The fourth-order valence-corrected chi connectivity index (χ4v) is 4.36. The van der Waals surface area contributed by atoms with Gasteiger partial charge in [-0.15, -0.1) is 0 Å². The predicted molar refractivity (Wildman–Crippen MR) is 161 cm³/mol. The molecule has 0 radical (unpaired) electrons. The number of amides is 8. The standard InChI is InChI=1S/C27H36N10O10/c28-13(6-19(29)38)23(42)34-16(7-20(30)39)25(44)35-15(5-11-10-33-14-4-2-1-3-12(11)14)24(43)36-17(8-21(31)40)26(45)37-18(27(46)47)9-22(32)41/h1-4,10,13,15-18,33H,5-9,28H2,(H2,29,38)(H2,30,39)(H2,31,40)(H2,32,41)(H,34,42)(H,35,44)(H,36,43)(H,37,45)(H,46,47)/t13-,15-,16?,17?,18-/m0/s1. The van der Waals surface area contributed by atoms with Crippen molar-refractivity contribution in [3.63, 3.8) is 0 Å². The molecule has 5 atom stereocenters. The van der Waals surface area contributed by atoms with Gasteiger partial charge < -0.3 is 60.0 Å². The molecule has 0 bridgehead atoms. The van der Waals surface area contributed by atoms with Gasteiger partial charge in [0.2, 0.25) is 47.3 Å². The summed E-state index contributed by atoms with van der Waals surface area (Å²) < 4.78 is 0. The summed E-state index contributed by atoms with van der Waals surface area (Å²) in [6, 6.07) is -1.45. The number of fused-ring (bicyclic) bond motifs is 1. The zero-order valence-electron chi connectivity index (χ0n) is 24.8. The number of nitrogens with one attached hydrogen (secondary N) is 5.